The molecule has 5 nitrogen and oxygen atoms in total. The highest BCUT2D eigenvalue weighted by Crippen LogP contribution is 2.18. The lowest BCUT2D eigenvalue weighted by atomic mass is 10.3. The lowest BCUT2D eigenvalue weighted by Crippen LogP contribution is -2.44. The fourth-order valence-electron chi connectivity index (χ4n) is 1.70. The summed E-state index contributed by atoms with van der Waals surface area (Å²) in [5.74, 6) is -0.821. The second kappa shape index (κ2) is 8.88. The minimum Gasteiger partial charge on any atom is -0.304 e. The highest BCUT2D eigenvalue weighted by molar-refractivity contribution is 7.99. The number of halogens is 2. The molecule has 0 saturated carbocycles. The Morgan fingerprint density at radius 3 is 2.38 bits per heavy atom. The molecule has 0 unspecified atom stereocenters. The predicted molar refractivity (Wildman–Crippen MR) is 88.4 cm³/mol. The number of carbonyl (C=O) groups excluding carboxylic acids is 2. The first-order chi connectivity index (χ1) is 11.5. The fourth-order valence-corrected chi connectivity index (χ4v) is 2.55. The summed E-state index contributed by atoms with van der Waals surface area (Å²) in [7, 11) is 0. The third-order valence-corrected chi connectivity index (χ3v) is 3.86. The Labute approximate surface area is 141 Å². The number of hydrogen-bond donors (Lipinski definition) is 3. The summed E-state index contributed by atoms with van der Waals surface area (Å²) in [5.41, 5.74) is 4.37. The van der Waals surface area contributed by atoms with Crippen molar-refractivity contribution in [2.24, 2.45) is 0 Å². The summed E-state index contributed by atoms with van der Waals surface area (Å²) >= 11 is 1.39. The van der Waals surface area contributed by atoms with Crippen molar-refractivity contribution in [1.29, 1.82) is 0 Å². The van der Waals surface area contributed by atoms with E-state index in [4.69, 9.17) is 0 Å². The number of rotatable bonds is 5. The van der Waals surface area contributed by atoms with Crippen molar-refractivity contribution in [2.45, 2.75) is 11.3 Å². The van der Waals surface area contributed by atoms with Crippen molar-refractivity contribution in [1.82, 2.24) is 10.9 Å². The second-order valence-corrected chi connectivity index (χ2v) is 5.83. The SMILES string of the molecule is O=C(CCSc1ccc(F)cc1)NNC(=O)Nc1ccccc1F. The molecule has 3 N–H and O–H groups in total. The summed E-state index contributed by atoms with van der Waals surface area (Å²) in [6.45, 7) is 0. The Balaban J connectivity index is 1.66. The van der Waals surface area contributed by atoms with Gasteiger partial charge in [-0.2, -0.15) is 0 Å². The molecule has 24 heavy (non-hydrogen) atoms. The van der Waals surface area contributed by atoms with Crippen LogP contribution in [0.25, 0.3) is 0 Å². The van der Waals surface area contributed by atoms with E-state index in [2.05, 4.69) is 16.2 Å². The third kappa shape index (κ3) is 5.88. The molecular formula is C16H15F2N3O2S. The Morgan fingerprint density at radius 1 is 0.958 bits per heavy atom. The number of hydrazine groups is 1. The summed E-state index contributed by atoms with van der Waals surface area (Å²) in [6, 6.07) is 10.9. The van der Waals surface area contributed by atoms with Crippen molar-refractivity contribution in [2.75, 3.05) is 11.1 Å². The number of carbonyl (C=O) groups is 2. The van der Waals surface area contributed by atoms with Gasteiger partial charge in [0.05, 0.1) is 5.69 Å². The van der Waals surface area contributed by atoms with E-state index >= 15 is 0 Å². The van der Waals surface area contributed by atoms with Gasteiger partial charge in [0, 0.05) is 17.1 Å². The van der Waals surface area contributed by atoms with Crippen LogP contribution in [0.1, 0.15) is 6.42 Å². The number of anilines is 1. The average molecular weight is 351 g/mol. The van der Waals surface area contributed by atoms with Crippen LogP contribution >= 0.6 is 11.8 Å². The van der Waals surface area contributed by atoms with Crippen LogP contribution in [-0.2, 0) is 4.79 Å². The highest BCUT2D eigenvalue weighted by Gasteiger charge is 2.07. The molecule has 3 amide bonds. The van der Waals surface area contributed by atoms with Crippen LogP contribution in [-0.4, -0.2) is 17.7 Å². The Kier molecular flexibility index (Phi) is 6.56. The number of urea groups is 1. The normalized spacial score (nSPS) is 10.1. The van der Waals surface area contributed by atoms with E-state index in [1.54, 1.807) is 18.2 Å². The van der Waals surface area contributed by atoms with Crippen molar-refractivity contribution in [3.63, 3.8) is 0 Å². The first-order valence-corrected chi connectivity index (χ1v) is 8.02. The van der Waals surface area contributed by atoms with Crippen LogP contribution < -0.4 is 16.2 Å². The first-order valence-electron chi connectivity index (χ1n) is 7.03. The van der Waals surface area contributed by atoms with Gasteiger partial charge in [-0.25, -0.2) is 19.0 Å². The summed E-state index contributed by atoms with van der Waals surface area (Å²) in [4.78, 5) is 24.0. The van der Waals surface area contributed by atoms with Crippen LogP contribution in [0.4, 0.5) is 19.3 Å². The topological polar surface area (TPSA) is 70.2 Å². The van der Waals surface area contributed by atoms with Crippen LogP contribution in [0.5, 0.6) is 0 Å². The molecule has 0 aliphatic rings. The number of hydrogen-bond acceptors (Lipinski definition) is 3. The van der Waals surface area contributed by atoms with E-state index in [1.807, 2.05) is 0 Å². The van der Waals surface area contributed by atoms with E-state index in [9.17, 15) is 18.4 Å². The average Bonchev–Trinajstić information content (AvgIpc) is 2.57. The monoisotopic (exact) mass is 351 g/mol. The van der Waals surface area contributed by atoms with Crippen LogP contribution in [0.3, 0.4) is 0 Å². The summed E-state index contributed by atoms with van der Waals surface area (Å²) < 4.78 is 26.1. The van der Waals surface area contributed by atoms with E-state index in [0.717, 1.165) is 4.90 Å². The van der Waals surface area contributed by atoms with Gasteiger partial charge in [-0.05, 0) is 36.4 Å². The summed E-state index contributed by atoms with van der Waals surface area (Å²) in [6.07, 6.45) is 0.155. The molecule has 0 bridgehead atoms. The molecule has 2 aromatic rings. The number of amides is 3. The minimum absolute atomic E-state index is 0.0103. The lowest BCUT2D eigenvalue weighted by Gasteiger charge is -2.09. The maximum absolute atomic E-state index is 13.3. The maximum atomic E-state index is 13.3. The van der Waals surface area contributed by atoms with Gasteiger partial charge >= 0.3 is 6.03 Å². The standard InChI is InChI=1S/C16H15F2N3O2S/c17-11-5-7-12(8-6-11)24-10-9-15(22)20-21-16(23)19-14-4-2-1-3-13(14)18/h1-8H,9-10H2,(H,20,22)(H2,19,21,23). The molecule has 2 rings (SSSR count). The smallest absolute Gasteiger partial charge is 0.304 e. The molecule has 0 radical (unpaired) electrons. The number of thioether (sulfide) groups is 1. The zero-order chi connectivity index (χ0) is 17.4. The predicted octanol–water partition coefficient (Wildman–Crippen LogP) is 3.30. The Morgan fingerprint density at radius 2 is 1.67 bits per heavy atom. The molecule has 0 fully saturated rings. The molecule has 0 aliphatic heterocycles. The molecule has 0 aliphatic carbocycles. The number of nitrogens with one attached hydrogen (secondary N) is 3. The molecule has 2 aromatic carbocycles. The molecule has 0 saturated heterocycles. The third-order valence-electron chi connectivity index (χ3n) is 2.85. The van der Waals surface area contributed by atoms with Gasteiger partial charge in [0.1, 0.15) is 11.6 Å². The van der Waals surface area contributed by atoms with Gasteiger partial charge in [-0.1, -0.05) is 12.1 Å². The molecule has 8 heteroatoms. The van der Waals surface area contributed by atoms with Crippen molar-refractivity contribution in [3.05, 3.63) is 60.2 Å². The van der Waals surface area contributed by atoms with Crippen LogP contribution in [0.15, 0.2) is 53.4 Å². The lowest BCUT2D eigenvalue weighted by molar-refractivity contribution is -0.121. The molecule has 0 aromatic heterocycles. The van der Waals surface area contributed by atoms with Crippen molar-refractivity contribution >= 4 is 29.4 Å². The van der Waals surface area contributed by atoms with E-state index < -0.39 is 17.8 Å². The van der Waals surface area contributed by atoms with Gasteiger partial charge in [0.2, 0.25) is 5.91 Å². The van der Waals surface area contributed by atoms with Crippen LogP contribution in [0, 0.1) is 11.6 Å². The van der Waals surface area contributed by atoms with Gasteiger partial charge < -0.3 is 5.32 Å². The summed E-state index contributed by atoms with van der Waals surface area (Å²) in [5, 5.41) is 2.27. The van der Waals surface area contributed by atoms with Crippen LogP contribution in [0.2, 0.25) is 0 Å². The van der Waals surface area contributed by atoms with Gasteiger partial charge in [0.25, 0.3) is 0 Å². The Bertz CT molecular complexity index is 711. The zero-order valence-electron chi connectivity index (χ0n) is 12.5. The fraction of sp³-hybridized carbons (Fsp3) is 0.125. The quantitative estimate of drug-likeness (QED) is 0.572. The largest absolute Gasteiger partial charge is 0.338 e. The first kappa shape index (κ1) is 17.7. The molecule has 126 valence electrons. The zero-order valence-corrected chi connectivity index (χ0v) is 13.3. The molecule has 0 heterocycles. The molecular weight excluding hydrogens is 336 g/mol. The van der Waals surface area contributed by atoms with Crippen molar-refractivity contribution < 1.29 is 18.4 Å². The van der Waals surface area contributed by atoms with E-state index in [0.29, 0.717) is 5.75 Å². The molecule has 0 atom stereocenters. The van der Waals surface area contributed by atoms with E-state index in [-0.39, 0.29) is 17.9 Å². The highest BCUT2D eigenvalue weighted by atomic mass is 32.2. The number of para-hydroxylation sites is 1. The van der Waals surface area contributed by atoms with Gasteiger partial charge in [-0.3, -0.25) is 10.2 Å². The number of benzene rings is 2. The minimum atomic E-state index is -0.750. The van der Waals surface area contributed by atoms with E-state index in [1.165, 1.54) is 42.1 Å². The van der Waals surface area contributed by atoms with Crippen molar-refractivity contribution in [3.8, 4) is 0 Å². The molecule has 0 spiro atoms. The Hall–Kier alpha value is -2.61. The van der Waals surface area contributed by atoms with Gasteiger partial charge in [0.15, 0.2) is 0 Å². The maximum Gasteiger partial charge on any atom is 0.338 e. The van der Waals surface area contributed by atoms with Gasteiger partial charge in [-0.15, -0.1) is 11.8 Å². The second-order valence-electron chi connectivity index (χ2n) is 4.66.